The van der Waals surface area contributed by atoms with Crippen molar-refractivity contribution in [1.82, 2.24) is 5.32 Å². The van der Waals surface area contributed by atoms with Crippen LogP contribution in [-0.2, 0) is 16.0 Å². The van der Waals surface area contributed by atoms with Crippen LogP contribution in [0, 0.1) is 0 Å². The molecule has 0 bridgehead atoms. The Kier molecular flexibility index (Phi) is 9.15. The van der Waals surface area contributed by atoms with Gasteiger partial charge in [0, 0.05) is 19.4 Å². The Morgan fingerprint density at radius 2 is 1.68 bits per heavy atom. The van der Waals surface area contributed by atoms with Crippen molar-refractivity contribution < 1.29 is 29.7 Å². The highest BCUT2D eigenvalue weighted by atomic mass is 16.4. The van der Waals surface area contributed by atoms with Gasteiger partial charge in [-0.2, -0.15) is 5.11 Å². The molecule has 0 heterocycles. The number of phenols is 1. The van der Waals surface area contributed by atoms with Crippen LogP contribution in [0.4, 0.5) is 11.4 Å². The Labute approximate surface area is 179 Å². The van der Waals surface area contributed by atoms with Crippen molar-refractivity contribution in [3.63, 3.8) is 0 Å². The number of unbranched alkanes of at least 4 members (excludes halogenated alkanes) is 2. The SMILES string of the molecule is O=C(O)CCCCCNC(=O)CCc1cc(N=Nc2ccccc2C(=O)O)ccc1O. The molecule has 2 rings (SSSR count). The molecule has 0 unspecified atom stereocenters. The molecule has 0 aliphatic carbocycles. The molecule has 0 atom stereocenters. The van der Waals surface area contributed by atoms with E-state index < -0.39 is 11.9 Å². The number of aryl methyl sites for hydroxylation is 1. The number of amides is 1. The standard InChI is InChI=1S/C22H25N3O6/c26-19-11-10-16(24-25-18-7-4-3-6-17(18)22(30)31)14-15(19)9-12-20(27)23-13-5-1-2-8-21(28)29/h3-4,6-7,10-11,14,26H,1-2,5,8-9,12-13H2,(H,23,27)(H,28,29)(H,30,31). The Bertz CT molecular complexity index is 958. The van der Waals surface area contributed by atoms with Crippen LogP contribution in [0.3, 0.4) is 0 Å². The number of phenolic OH excluding ortho intramolecular Hbond substituents is 1. The lowest BCUT2D eigenvalue weighted by Crippen LogP contribution is -2.24. The lowest BCUT2D eigenvalue weighted by Gasteiger charge is -2.07. The minimum atomic E-state index is -1.10. The summed E-state index contributed by atoms with van der Waals surface area (Å²) in [5, 5.41) is 38.6. The number of aliphatic carboxylic acids is 1. The number of azo groups is 1. The highest BCUT2D eigenvalue weighted by molar-refractivity contribution is 5.93. The summed E-state index contributed by atoms with van der Waals surface area (Å²) >= 11 is 0. The molecule has 9 heteroatoms. The van der Waals surface area contributed by atoms with E-state index in [1.54, 1.807) is 30.3 Å². The number of carboxylic acid groups (broad SMARTS) is 2. The molecule has 1 amide bonds. The van der Waals surface area contributed by atoms with Gasteiger partial charge in [-0.15, -0.1) is 5.11 Å². The molecular weight excluding hydrogens is 402 g/mol. The van der Waals surface area contributed by atoms with Crippen LogP contribution in [-0.4, -0.2) is 39.7 Å². The lowest BCUT2D eigenvalue weighted by atomic mass is 10.1. The quantitative estimate of drug-likeness (QED) is 0.295. The molecule has 0 aliphatic heterocycles. The molecule has 4 N–H and O–H groups in total. The van der Waals surface area contributed by atoms with Gasteiger partial charge in [0.05, 0.1) is 11.3 Å². The third-order valence-corrected chi connectivity index (χ3v) is 4.48. The predicted octanol–water partition coefficient (Wildman–Crippen LogP) is 4.20. The topological polar surface area (TPSA) is 149 Å². The molecule has 31 heavy (non-hydrogen) atoms. The first-order valence-corrected chi connectivity index (χ1v) is 9.91. The summed E-state index contributed by atoms with van der Waals surface area (Å²) in [6, 6.07) is 10.8. The maximum absolute atomic E-state index is 12.0. The van der Waals surface area contributed by atoms with E-state index in [2.05, 4.69) is 15.5 Å². The number of benzene rings is 2. The minimum Gasteiger partial charge on any atom is -0.508 e. The van der Waals surface area contributed by atoms with Gasteiger partial charge in [-0.05, 0) is 55.2 Å². The van der Waals surface area contributed by atoms with E-state index in [1.807, 2.05) is 0 Å². The summed E-state index contributed by atoms with van der Waals surface area (Å²) in [5.41, 5.74) is 1.20. The number of nitrogens with zero attached hydrogens (tertiary/aromatic N) is 2. The Morgan fingerprint density at radius 1 is 0.903 bits per heavy atom. The summed E-state index contributed by atoms with van der Waals surface area (Å²) in [4.78, 5) is 33.7. The Balaban J connectivity index is 1.88. The smallest absolute Gasteiger partial charge is 0.337 e. The molecule has 0 fully saturated rings. The summed E-state index contributed by atoms with van der Waals surface area (Å²) in [6.45, 7) is 0.474. The van der Waals surface area contributed by atoms with Crippen molar-refractivity contribution in [1.29, 1.82) is 0 Å². The molecule has 2 aromatic rings. The van der Waals surface area contributed by atoms with E-state index >= 15 is 0 Å². The molecule has 0 aromatic heterocycles. The number of carbonyl (C=O) groups is 3. The highest BCUT2D eigenvalue weighted by Crippen LogP contribution is 2.27. The number of rotatable bonds is 12. The predicted molar refractivity (Wildman–Crippen MR) is 113 cm³/mol. The van der Waals surface area contributed by atoms with Gasteiger partial charge >= 0.3 is 11.9 Å². The molecule has 0 spiro atoms. The fourth-order valence-electron chi connectivity index (χ4n) is 2.83. The van der Waals surface area contributed by atoms with Crippen LogP contribution in [0.2, 0.25) is 0 Å². The molecule has 9 nitrogen and oxygen atoms in total. The van der Waals surface area contributed by atoms with Crippen LogP contribution < -0.4 is 5.32 Å². The lowest BCUT2D eigenvalue weighted by molar-refractivity contribution is -0.137. The molecule has 0 saturated carbocycles. The molecule has 2 aromatic carbocycles. The largest absolute Gasteiger partial charge is 0.508 e. The first kappa shape index (κ1) is 23.5. The Morgan fingerprint density at radius 3 is 2.42 bits per heavy atom. The number of carbonyl (C=O) groups excluding carboxylic acids is 1. The first-order valence-electron chi connectivity index (χ1n) is 9.91. The van der Waals surface area contributed by atoms with Gasteiger partial charge in [-0.1, -0.05) is 18.6 Å². The van der Waals surface area contributed by atoms with Gasteiger partial charge in [-0.25, -0.2) is 4.79 Å². The van der Waals surface area contributed by atoms with Crippen LogP contribution in [0.15, 0.2) is 52.7 Å². The van der Waals surface area contributed by atoms with Crippen molar-refractivity contribution >= 4 is 29.2 Å². The second-order valence-corrected chi connectivity index (χ2v) is 6.89. The zero-order valence-corrected chi connectivity index (χ0v) is 17.0. The number of hydrogen-bond acceptors (Lipinski definition) is 6. The maximum Gasteiger partial charge on any atom is 0.337 e. The van der Waals surface area contributed by atoms with Crippen molar-refractivity contribution in [3.05, 3.63) is 53.6 Å². The fraction of sp³-hybridized carbons (Fsp3) is 0.318. The number of nitrogens with one attached hydrogen (secondary N) is 1. The van der Waals surface area contributed by atoms with Crippen molar-refractivity contribution in [2.24, 2.45) is 10.2 Å². The highest BCUT2D eigenvalue weighted by Gasteiger charge is 2.09. The number of aromatic hydroxyl groups is 1. The third-order valence-electron chi connectivity index (χ3n) is 4.48. The molecular formula is C22H25N3O6. The van der Waals surface area contributed by atoms with Crippen molar-refractivity contribution in [2.75, 3.05) is 6.54 Å². The number of aromatic carboxylic acids is 1. The van der Waals surface area contributed by atoms with Gasteiger partial charge in [0.1, 0.15) is 11.4 Å². The van der Waals surface area contributed by atoms with E-state index in [-0.39, 0.29) is 35.7 Å². The average Bonchev–Trinajstić information content (AvgIpc) is 2.74. The zero-order chi connectivity index (χ0) is 22.6. The van der Waals surface area contributed by atoms with Crippen LogP contribution in [0.1, 0.15) is 48.0 Å². The van der Waals surface area contributed by atoms with Crippen LogP contribution >= 0.6 is 0 Å². The normalized spacial score (nSPS) is 10.8. The maximum atomic E-state index is 12.0. The summed E-state index contributed by atoms with van der Waals surface area (Å²) in [7, 11) is 0. The van der Waals surface area contributed by atoms with E-state index in [0.717, 1.165) is 6.42 Å². The van der Waals surface area contributed by atoms with Crippen LogP contribution in [0.5, 0.6) is 5.75 Å². The van der Waals surface area contributed by atoms with E-state index in [9.17, 15) is 24.6 Å². The Hall–Kier alpha value is -3.75. The van der Waals surface area contributed by atoms with E-state index in [1.165, 1.54) is 12.1 Å². The summed E-state index contributed by atoms with van der Waals surface area (Å²) in [5.74, 6) is -2.06. The van der Waals surface area contributed by atoms with Gasteiger partial charge in [0.15, 0.2) is 0 Å². The monoisotopic (exact) mass is 427 g/mol. The van der Waals surface area contributed by atoms with Gasteiger partial charge in [0.2, 0.25) is 5.91 Å². The van der Waals surface area contributed by atoms with Gasteiger partial charge in [0.25, 0.3) is 0 Å². The molecule has 164 valence electrons. The summed E-state index contributed by atoms with van der Waals surface area (Å²) in [6.07, 6.45) is 2.61. The summed E-state index contributed by atoms with van der Waals surface area (Å²) < 4.78 is 0. The van der Waals surface area contributed by atoms with E-state index in [0.29, 0.717) is 37.1 Å². The first-order chi connectivity index (χ1) is 14.9. The van der Waals surface area contributed by atoms with E-state index in [4.69, 9.17) is 5.11 Å². The third kappa shape index (κ3) is 8.25. The second kappa shape index (κ2) is 12.1. The number of hydrogen-bond donors (Lipinski definition) is 4. The molecule has 0 aliphatic rings. The minimum absolute atomic E-state index is 0.0323. The van der Waals surface area contributed by atoms with Crippen molar-refractivity contribution in [2.45, 2.75) is 38.5 Å². The van der Waals surface area contributed by atoms with Crippen LogP contribution in [0.25, 0.3) is 0 Å². The molecule has 0 saturated heterocycles. The van der Waals surface area contributed by atoms with Crippen molar-refractivity contribution in [3.8, 4) is 5.75 Å². The second-order valence-electron chi connectivity index (χ2n) is 6.89. The zero-order valence-electron chi connectivity index (χ0n) is 17.0. The van der Waals surface area contributed by atoms with Gasteiger partial charge < -0.3 is 20.6 Å². The molecule has 0 radical (unpaired) electrons. The number of carboxylic acids is 2. The average molecular weight is 427 g/mol. The van der Waals surface area contributed by atoms with Gasteiger partial charge in [-0.3, -0.25) is 9.59 Å². The fourth-order valence-corrected chi connectivity index (χ4v) is 2.83.